The van der Waals surface area contributed by atoms with Crippen LogP contribution in [0.4, 0.5) is 9.18 Å². The Bertz CT molecular complexity index is 838. The maximum Gasteiger partial charge on any atom is 0.410 e. The van der Waals surface area contributed by atoms with Crippen LogP contribution in [-0.2, 0) is 4.74 Å². The molecular formula is C18H19BrClFN2O2. The van der Waals surface area contributed by atoms with Gasteiger partial charge in [-0.25, -0.2) is 14.2 Å². The second kappa shape index (κ2) is 6.72. The van der Waals surface area contributed by atoms with E-state index in [9.17, 15) is 9.18 Å². The fourth-order valence-corrected chi connectivity index (χ4v) is 3.75. The number of halogens is 3. The normalized spacial score (nSPS) is 18.0. The maximum atomic E-state index is 14.2. The molecule has 1 fully saturated rings. The Morgan fingerprint density at radius 2 is 2.16 bits per heavy atom. The summed E-state index contributed by atoms with van der Waals surface area (Å²) in [6.45, 7) is 6.06. The number of nitrogens with zero attached hydrogens (tertiary/aromatic N) is 2. The van der Waals surface area contributed by atoms with Gasteiger partial charge in [-0.05, 0) is 67.7 Å². The third-order valence-electron chi connectivity index (χ3n) is 4.10. The monoisotopic (exact) mass is 428 g/mol. The molecule has 7 heteroatoms. The van der Waals surface area contributed by atoms with Crippen molar-refractivity contribution in [1.82, 2.24) is 9.88 Å². The van der Waals surface area contributed by atoms with E-state index in [1.54, 1.807) is 17.0 Å². The number of carbonyl (C=O) groups excluding carboxylic acids is 1. The summed E-state index contributed by atoms with van der Waals surface area (Å²) < 4.78 is 20.4. The highest BCUT2D eigenvalue weighted by Crippen LogP contribution is 2.38. The zero-order valence-electron chi connectivity index (χ0n) is 14.3. The molecule has 1 atom stereocenters. The number of hydrogen-bond donors (Lipinski definition) is 0. The lowest BCUT2D eigenvalue weighted by Gasteiger charge is -2.29. The van der Waals surface area contributed by atoms with Gasteiger partial charge >= 0.3 is 6.09 Å². The van der Waals surface area contributed by atoms with Crippen LogP contribution in [0.25, 0.3) is 10.9 Å². The minimum atomic E-state index is -0.577. The maximum absolute atomic E-state index is 14.2. The summed E-state index contributed by atoms with van der Waals surface area (Å²) in [5.41, 5.74) is 0.539. The van der Waals surface area contributed by atoms with Crippen molar-refractivity contribution in [1.29, 1.82) is 0 Å². The molecule has 25 heavy (non-hydrogen) atoms. The van der Waals surface area contributed by atoms with Gasteiger partial charge in [-0.15, -0.1) is 0 Å². The van der Waals surface area contributed by atoms with Gasteiger partial charge in [-0.2, -0.15) is 0 Å². The van der Waals surface area contributed by atoms with Crippen molar-refractivity contribution in [3.8, 4) is 0 Å². The second-order valence-corrected chi connectivity index (χ2v) is 8.34. The van der Waals surface area contributed by atoms with Gasteiger partial charge in [0, 0.05) is 22.0 Å². The molecule has 1 aromatic carbocycles. The number of amides is 1. The zero-order chi connectivity index (χ0) is 18.4. The average molecular weight is 430 g/mol. The number of rotatable bonds is 1. The van der Waals surface area contributed by atoms with E-state index in [0.717, 1.165) is 12.8 Å². The van der Waals surface area contributed by atoms with Gasteiger partial charge in [-0.1, -0.05) is 11.6 Å². The Hall–Kier alpha value is -1.40. The Morgan fingerprint density at radius 3 is 2.84 bits per heavy atom. The number of pyridine rings is 1. The molecule has 1 saturated heterocycles. The predicted octanol–water partition coefficient (Wildman–Crippen LogP) is 5.86. The Kier molecular flexibility index (Phi) is 4.95. The fourth-order valence-electron chi connectivity index (χ4n) is 3.05. The number of fused-ring (bicyclic) bond motifs is 1. The van der Waals surface area contributed by atoms with E-state index < -0.39 is 5.60 Å². The lowest BCUT2D eigenvalue weighted by molar-refractivity contribution is 0.0224. The molecule has 134 valence electrons. The van der Waals surface area contributed by atoms with Crippen LogP contribution in [0.15, 0.2) is 22.7 Å². The van der Waals surface area contributed by atoms with Crippen LogP contribution in [-0.4, -0.2) is 28.1 Å². The van der Waals surface area contributed by atoms with Gasteiger partial charge < -0.3 is 9.64 Å². The summed E-state index contributed by atoms with van der Waals surface area (Å²) in [5, 5.41) is 0.657. The van der Waals surface area contributed by atoms with E-state index in [-0.39, 0.29) is 23.1 Å². The van der Waals surface area contributed by atoms with Gasteiger partial charge in [0.1, 0.15) is 16.6 Å². The molecule has 0 saturated carbocycles. The van der Waals surface area contributed by atoms with Crippen molar-refractivity contribution in [3.05, 3.63) is 39.2 Å². The van der Waals surface area contributed by atoms with Gasteiger partial charge in [0.05, 0.1) is 11.6 Å². The van der Waals surface area contributed by atoms with Crippen molar-refractivity contribution >= 4 is 44.5 Å². The molecule has 0 radical (unpaired) electrons. The van der Waals surface area contributed by atoms with Gasteiger partial charge in [0.25, 0.3) is 0 Å². The summed E-state index contributed by atoms with van der Waals surface area (Å²) in [5.74, 6) is -0.370. The summed E-state index contributed by atoms with van der Waals surface area (Å²) in [4.78, 5) is 18.5. The first-order valence-corrected chi connectivity index (χ1v) is 9.28. The van der Waals surface area contributed by atoms with Crippen molar-refractivity contribution in [2.75, 3.05) is 6.54 Å². The lowest BCUT2D eigenvalue weighted by atomic mass is 10.0. The van der Waals surface area contributed by atoms with E-state index in [4.69, 9.17) is 16.3 Å². The molecule has 1 aliphatic rings. The minimum absolute atomic E-state index is 0.266. The predicted molar refractivity (Wildman–Crippen MR) is 99.3 cm³/mol. The van der Waals surface area contributed by atoms with Crippen molar-refractivity contribution in [2.45, 2.75) is 45.3 Å². The Balaban J connectivity index is 2.01. The molecule has 2 aromatic rings. The highest BCUT2D eigenvalue weighted by atomic mass is 79.9. The summed E-state index contributed by atoms with van der Waals surface area (Å²) >= 11 is 9.75. The van der Waals surface area contributed by atoms with Crippen LogP contribution in [0.1, 0.15) is 45.2 Å². The van der Waals surface area contributed by atoms with Crippen LogP contribution >= 0.6 is 27.5 Å². The third kappa shape index (κ3) is 3.75. The highest BCUT2D eigenvalue weighted by Gasteiger charge is 2.34. The van der Waals surface area contributed by atoms with E-state index in [1.165, 1.54) is 6.07 Å². The first kappa shape index (κ1) is 18.4. The minimum Gasteiger partial charge on any atom is -0.444 e. The molecule has 1 unspecified atom stereocenters. The SMILES string of the molecule is CC(C)(C)OC(=O)N1CCCC1c1cc2c(F)ccc(Br)c2nc1Cl. The van der Waals surface area contributed by atoms with Crippen LogP contribution in [0.2, 0.25) is 5.15 Å². The van der Waals surface area contributed by atoms with Crippen LogP contribution in [0, 0.1) is 5.82 Å². The first-order valence-electron chi connectivity index (χ1n) is 8.11. The molecular weight excluding hydrogens is 411 g/mol. The van der Waals surface area contributed by atoms with Crippen molar-refractivity contribution in [2.24, 2.45) is 0 Å². The first-order chi connectivity index (χ1) is 11.7. The van der Waals surface area contributed by atoms with Gasteiger partial charge in [0.15, 0.2) is 0 Å². The third-order valence-corrected chi connectivity index (χ3v) is 5.05. The molecule has 2 heterocycles. The fraction of sp³-hybridized carbons (Fsp3) is 0.444. The number of aromatic nitrogens is 1. The Labute approximate surface area is 159 Å². The van der Waals surface area contributed by atoms with E-state index >= 15 is 0 Å². The summed E-state index contributed by atoms with van der Waals surface area (Å²) in [6, 6.07) is 4.41. The number of ether oxygens (including phenoxy) is 1. The molecule has 3 rings (SSSR count). The zero-order valence-corrected chi connectivity index (χ0v) is 16.6. The quantitative estimate of drug-likeness (QED) is 0.533. The number of hydrogen-bond acceptors (Lipinski definition) is 3. The Morgan fingerprint density at radius 1 is 1.44 bits per heavy atom. The second-order valence-electron chi connectivity index (χ2n) is 7.13. The molecule has 0 aliphatic carbocycles. The number of benzene rings is 1. The summed E-state index contributed by atoms with van der Waals surface area (Å²) in [6.07, 6.45) is 1.18. The smallest absolute Gasteiger partial charge is 0.410 e. The standard InChI is InChI=1S/C18H19BrClFN2O2/c1-18(2,3)25-17(24)23-8-4-5-14(23)11-9-10-13(21)7-6-12(19)15(10)22-16(11)20/h6-7,9,14H,4-5,8H2,1-3H3. The molecule has 4 nitrogen and oxygen atoms in total. The molecule has 1 amide bonds. The molecule has 0 bridgehead atoms. The highest BCUT2D eigenvalue weighted by molar-refractivity contribution is 9.10. The van der Waals surface area contributed by atoms with E-state index in [2.05, 4.69) is 20.9 Å². The van der Waals surface area contributed by atoms with Gasteiger partial charge in [0.2, 0.25) is 0 Å². The largest absolute Gasteiger partial charge is 0.444 e. The van der Waals surface area contributed by atoms with Crippen LogP contribution < -0.4 is 0 Å². The molecule has 0 N–H and O–H groups in total. The average Bonchev–Trinajstić information content (AvgIpc) is 2.98. The number of likely N-dealkylation sites (tertiary alicyclic amines) is 1. The molecule has 0 spiro atoms. The van der Waals surface area contributed by atoms with E-state index in [0.29, 0.717) is 27.5 Å². The van der Waals surface area contributed by atoms with E-state index in [1.807, 2.05) is 20.8 Å². The molecule has 1 aromatic heterocycles. The number of carbonyl (C=O) groups is 1. The summed E-state index contributed by atoms with van der Waals surface area (Å²) in [7, 11) is 0. The topological polar surface area (TPSA) is 42.4 Å². The van der Waals surface area contributed by atoms with Gasteiger partial charge in [-0.3, -0.25) is 0 Å². The van der Waals surface area contributed by atoms with Crippen LogP contribution in [0.3, 0.4) is 0 Å². The van der Waals surface area contributed by atoms with Crippen molar-refractivity contribution < 1.29 is 13.9 Å². The lowest BCUT2D eigenvalue weighted by Crippen LogP contribution is -2.36. The van der Waals surface area contributed by atoms with Crippen LogP contribution in [0.5, 0.6) is 0 Å². The molecule has 1 aliphatic heterocycles. The van der Waals surface area contributed by atoms with Crippen molar-refractivity contribution in [3.63, 3.8) is 0 Å².